The number of hydrogen-bond donors (Lipinski definition) is 0. The van der Waals surface area contributed by atoms with Crippen LogP contribution in [0.3, 0.4) is 0 Å². The van der Waals surface area contributed by atoms with Crippen molar-refractivity contribution in [2.45, 2.75) is 0 Å². The molecule has 16 rings (SSSR count). The van der Waals surface area contributed by atoms with Crippen LogP contribution in [0.5, 0.6) is 0 Å². The number of furan rings is 6. The molecule has 0 radical (unpaired) electrons. The van der Waals surface area contributed by atoms with Crippen molar-refractivity contribution >= 4 is 132 Å². The summed E-state index contributed by atoms with van der Waals surface area (Å²) < 4.78 is 38.1. The first-order valence-corrected chi connectivity index (χ1v) is 22.1. The van der Waals surface area contributed by atoms with Crippen LogP contribution in [0.4, 0.5) is 0 Å². The summed E-state index contributed by atoms with van der Waals surface area (Å²) >= 11 is 0. The number of hydrogen-bond acceptors (Lipinski definition) is 6. The lowest BCUT2D eigenvalue weighted by atomic mass is 9.92. The molecule has 0 bridgehead atoms. The molecular formula is C60H30O6. The minimum absolute atomic E-state index is 0.797. The summed E-state index contributed by atoms with van der Waals surface area (Å²) in [5.74, 6) is 0. The Bertz CT molecular complexity index is 4280. The first-order chi connectivity index (χ1) is 32.6. The maximum absolute atomic E-state index is 6.47. The van der Waals surface area contributed by atoms with Gasteiger partial charge in [-0.2, -0.15) is 0 Å². The van der Waals surface area contributed by atoms with Crippen molar-refractivity contribution in [2.75, 3.05) is 0 Å². The zero-order valence-electron chi connectivity index (χ0n) is 34.8. The van der Waals surface area contributed by atoms with Crippen LogP contribution >= 0.6 is 0 Å². The maximum Gasteiger partial charge on any atom is 0.139 e. The van der Waals surface area contributed by atoms with Crippen LogP contribution in [-0.2, 0) is 0 Å². The van der Waals surface area contributed by atoms with Gasteiger partial charge in [0.05, 0.1) is 0 Å². The van der Waals surface area contributed by atoms with Gasteiger partial charge in [-0.1, -0.05) is 72.8 Å². The molecule has 0 fully saturated rings. The Labute approximate surface area is 372 Å². The van der Waals surface area contributed by atoms with Crippen LogP contribution in [0, 0.1) is 0 Å². The molecule has 0 aliphatic heterocycles. The molecule has 66 heavy (non-hydrogen) atoms. The molecule has 16 aromatic rings. The van der Waals surface area contributed by atoms with Gasteiger partial charge in [-0.3, -0.25) is 0 Å². The summed E-state index contributed by atoms with van der Waals surface area (Å²) in [6.07, 6.45) is 0. The highest BCUT2D eigenvalue weighted by Crippen LogP contribution is 2.44. The van der Waals surface area contributed by atoms with Gasteiger partial charge in [0.1, 0.15) is 67.0 Å². The zero-order chi connectivity index (χ0) is 42.8. The van der Waals surface area contributed by atoms with Crippen molar-refractivity contribution in [3.63, 3.8) is 0 Å². The third-order valence-corrected chi connectivity index (χ3v) is 13.8. The topological polar surface area (TPSA) is 78.8 Å². The lowest BCUT2D eigenvalue weighted by molar-refractivity contribution is 0.655. The van der Waals surface area contributed by atoms with Crippen molar-refractivity contribution in [1.82, 2.24) is 0 Å². The zero-order valence-corrected chi connectivity index (χ0v) is 34.8. The standard InChI is InChI=1S/C60H30O6/c1-4-10-49-37(7-1)43-25-46-40-22-31(13-16-52(40)64-58(46)28-55(43)61-49)34-19-35(32-14-17-53-41(23-32)47-26-44-38-8-2-5-11-50(38)62-56(44)29-59(47)65-53)21-36(20-34)33-15-18-54-42(24-33)48-27-45-39-9-3-6-12-51(39)63-57(45)30-60(48)66-54/h1-30H. The molecule has 6 heterocycles. The van der Waals surface area contributed by atoms with Gasteiger partial charge >= 0.3 is 0 Å². The number of rotatable bonds is 3. The van der Waals surface area contributed by atoms with Crippen molar-refractivity contribution in [2.24, 2.45) is 0 Å². The molecule has 0 aliphatic rings. The lowest BCUT2D eigenvalue weighted by Gasteiger charge is -2.12. The average Bonchev–Trinajstić information content (AvgIpc) is 4.21. The molecule has 6 aromatic heterocycles. The fourth-order valence-electron chi connectivity index (χ4n) is 10.7. The lowest BCUT2D eigenvalue weighted by Crippen LogP contribution is -1.87. The number of fused-ring (bicyclic) bond motifs is 18. The van der Waals surface area contributed by atoms with E-state index in [9.17, 15) is 0 Å². The molecule has 6 nitrogen and oxygen atoms in total. The second kappa shape index (κ2) is 12.4. The SMILES string of the molecule is c1ccc2c(c1)oc1cc3oc4ccc(-c5cc(-c6ccc7oc8cc9oc%10ccccc%10c9cc8c7c6)cc(-c6ccc7oc8cc9oc%10ccccc%10c9cc8c7c6)c5)cc4c3cc12. The van der Waals surface area contributed by atoms with E-state index in [1.54, 1.807) is 0 Å². The van der Waals surface area contributed by atoms with Gasteiger partial charge in [-0.15, -0.1) is 0 Å². The van der Waals surface area contributed by atoms with Gasteiger partial charge in [0.15, 0.2) is 0 Å². The first-order valence-electron chi connectivity index (χ1n) is 22.1. The molecule has 0 spiro atoms. The van der Waals surface area contributed by atoms with E-state index in [1.807, 2.05) is 54.6 Å². The van der Waals surface area contributed by atoms with E-state index in [0.717, 1.165) is 165 Å². The molecule has 6 heteroatoms. The molecule has 0 amide bonds. The molecule has 306 valence electrons. The van der Waals surface area contributed by atoms with Gasteiger partial charge < -0.3 is 26.5 Å². The van der Waals surface area contributed by atoms with E-state index < -0.39 is 0 Å². The Morgan fingerprint density at radius 1 is 0.152 bits per heavy atom. The first kappa shape index (κ1) is 34.5. The highest BCUT2D eigenvalue weighted by Gasteiger charge is 2.19. The Balaban J connectivity index is 0.909. The van der Waals surface area contributed by atoms with E-state index in [2.05, 4.69) is 127 Å². The predicted octanol–water partition coefficient (Wildman–Crippen LogP) is 18.1. The molecule has 10 aromatic carbocycles. The fraction of sp³-hybridized carbons (Fsp3) is 0. The fourth-order valence-corrected chi connectivity index (χ4v) is 10.7. The summed E-state index contributed by atoms with van der Waals surface area (Å²) in [6, 6.07) is 63.7. The minimum Gasteiger partial charge on any atom is -0.456 e. The van der Waals surface area contributed by atoms with Crippen LogP contribution in [-0.4, -0.2) is 0 Å². The van der Waals surface area contributed by atoms with Crippen molar-refractivity contribution in [3.05, 3.63) is 182 Å². The minimum atomic E-state index is 0.797. The second-order valence-electron chi connectivity index (χ2n) is 17.6. The van der Waals surface area contributed by atoms with Gasteiger partial charge in [-0.25, -0.2) is 0 Å². The molecule has 0 saturated carbocycles. The second-order valence-corrected chi connectivity index (χ2v) is 17.6. The Morgan fingerprint density at radius 3 is 0.697 bits per heavy atom. The van der Waals surface area contributed by atoms with E-state index in [-0.39, 0.29) is 0 Å². The van der Waals surface area contributed by atoms with Crippen LogP contribution in [0.25, 0.3) is 165 Å². The van der Waals surface area contributed by atoms with Gasteiger partial charge in [0, 0.05) is 82.8 Å². The number of para-hydroxylation sites is 3. The van der Waals surface area contributed by atoms with Crippen molar-refractivity contribution in [3.8, 4) is 33.4 Å². The van der Waals surface area contributed by atoms with E-state index in [4.69, 9.17) is 26.5 Å². The van der Waals surface area contributed by atoms with Crippen LogP contribution < -0.4 is 0 Å². The summed E-state index contributed by atoms with van der Waals surface area (Å²) in [7, 11) is 0. The summed E-state index contributed by atoms with van der Waals surface area (Å²) in [4.78, 5) is 0. The molecule has 0 atom stereocenters. The maximum atomic E-state index is 6.47. The third-order valence-electron chi connectivity index (χ3n) is 13.8. The molecule has 0 unspecified atom stereocenters. The predicted molar refractivity (Wildman–Crippen MR) is 266 cm³/mol. The van der Waals surface area contributed by atoms with Crippen LogP contribution in [0.1, 0.15) is 0 Å². The Morgan fingerprint density at radius 2 is 0.394 bits per heavy atom. The molecule has 0 saturated heterocycles. The molecule has 0 aliphatic carbocycles. The normalized spacial score (nSPS) is 12.5. The van der Waals surface area contributed by atoms with Crippen molar-refractivity contribution < 1.29 is 26.5 Å². The van der Waals surface area contributed by atoms with Gasteiger partial charge in [0.25, 0.3) is 0 Å². The third kappa shape index (κ3) is 4.79. The summed E-state index contributed by atoms with van der Waals surface area (Å²) in [5, 5.41) is 12.8. The Kier molecular flexibility index (Phi) is 6.47. The van der Waals surface area contributed by atoms with Crippen LogP contribution in [0.2, 0.25) is 0 Å². The average molecular weight is 847 g/mol. The molecular weight excluding hydrogens is 817 g/mol. The largest absolute Gasteiger partial charge is 0.456 e. The molecule has 0 N–H and O–H groups in total. The number of benzene rings is 10. The van der Waals surface area contributed by atoms with Crippen molar-refractivity contribution in [1.29, 1.82) is 0 Å². The van der Waals surface area contributed by atoms with E-state index in [1.165, 1.54) is 0 Å². The van der Waals surface area contributed by atoms with Gasteiger partial charge in [-0.05, 0) is 124 Å². The van der Waals surface area contributed by atoms with E-state index >= 15 is 0 Å². The highest BCUT2D eigenvalue weighted by molar-refractivity contribution is 6.18. The quantitative estimate of drug-likeness (QED) is 0.176. The van der Waals surface area contributed by atoms with E-state index in [0.29, 0.717) is 0 Å². The summed E-state index contributed by atoms with van der Waals surface area (Å²) in [5.41, 5.74) is 16.4. The monoisotopic (exact) mass is 846 g/mol. The smallest absolute Gasteiger partial charge is 0.139 e. The van der Waals surface area contributed by atoms with Crippen LogP contribution in [0.15, 0.2) is 208 Å². The summed E-state index contributed by atoms with van der Waals surface area (Å²) in [6.45, 7) is 0. The highest BCUT2D eigenvalue weighted by atomic mass is 16.4. The van der Waals surface area contributed by atoms with Gasteiger partial charge in [0.2, 0.25) is 0 Å². The Hall–Kier alpha value is -9.00.